The molecule has 1 amide bonds. The SMILES string of the molecule is CC(C)(C)OC(=O)N1CCC(C)(N2CCC(NCc3ccsc3)CC2)CC1. The van der Waals surface area contributed by atoms with Crippen molar-refractivity contribution in [2.24, 2.45) is 0 Å². The van der Waals surface area contributed by atoms with Gasteiger partial charge in [-0.2, -0.15) is 11.3 Å². The normalized spacial score (nSPS) is 22.0. The van der Waals surface area contributed by atoms with Gasteiger partial charge < -0.3 is 15.0 Å². The number of hydrogen-bond donors (Lipinski definition) is 1. The molecule has 2 aliphatic rings. The lowest BCUT2D eigenvalue weighted by Gasteiger charge is -2.49. The summed E-state index contributed by atoms with van der Waals surface area (Å²) in [5.41, 5.74) is 1.18. The smallest absolute Gasteiger partial charge is 0.410 e. The second-order valence-electron chi connectivity index (χ2n) is 9.24. The summed E-state index contributed by atoms with van der Waals surface area (Å²) >= 11 is 1.76. The van der Waals surface area contributed by atoms with Gasteiger partial charge in [-0.15, -0.1) is 0 Å². The maximum atomic E-state index is 12.3. The maximum absolute atomic E-state index is 12.3. The van der Waals surface area contributed by atoms with Crippen molar-refractivity contribution in [2.45, 2.75) is 77.1 Å². The highest BCUT2D eigenvalue weighted by molar-refractivity contribution is 7.07. The maximum Gasteiger partial charge on any atom is 0.410 e. The highest BCUT2D eigenvalue weighted by Crippen LogP contribution is 2.31. The Balaban J connectivity index is 1.42. The number of carbonyl (C=O) groups excluding carboxylic acids is 1. The van der Waals surface area contributed by atoms with Crippen LogP contribution in [0.1, 0.15) is 58.9 Å². The van der Waals surface area contributed by atoms with Crippen LogP contribution in [0.3, 0.4) is 0 Å². The molecular weight excluding hydrogens is 358 g/mol. The fourth-order valence-corrected chi connectivity index (χ4v) is 4.76. The van der Waals surface area contributed by atoms with Crippen molar-refractivity contribution in [3.8, 4) is 0 Å². The van der Waals surface area contributed by atoms with Crippen LogP contribution in [-0.2, 0) is 11.3 Å². The van der Waals surface area contributed by atoms with Gasteiger partial charge in [0.2, 0.25) is 0 Å². The number of rotatable bonds is 4. The molecule has 6 heteroatoms. The van der Waals surface area contributed by atoms with E-state index >= 15 is 0 Å². The van der Waals surface area contributed by atoms with Crippen molar-refractivity contribution < 1.29 is 9.53 Å². The fourth-order valence-electron chi connectivity index (χ4n) is 4.09. The van der Waals surface area contributed by atoms with Gasteiger partial charge in [-0.05, 0) is 75.8 Å². The third-order valence-corrected chi connectivity index (χ3v) is 6.66. The van der Waals surface area contributed by atoms with Crippen LogP contribution in [0.4, 0.5) is 4.79 Å². The standard InChI is InChI=1S/C21H35N3O2S/c1-20(2,3)26-19(25)23-12-8-21(4,9-13-23)24-10-5-18(6-11-24)22-15-17-7-14-27-16-17/h7,14,16,18,22H,5-6,8-13,15H2,1-4H3. The molecule has 0 radical (unpaired) electrons. The molecule has 2 aliphatic heterocycles. The van der Waals surface area contributed by atoms with Crippen LogP contribution in [-0.4, -0.2) is 59.3 Å². The summed E-state index contributed by atoms with van der Waals surface area (Å²) in [6, 6.07) is 2.82. The molecule has 3 rings (SSSR count). The molecule has 0 spiro atoms. The number of ether oxygens (including phenoxy) is 1. The van der Waals surface area contributed by atoms with Crippen molar-refractivity contribution in [2.75, 3.05) is 26.2 Å². The number of likely N-dealkylation sites (tertiary alicyclic amines) is 2. The molecule has 1 N–H and O–H groups in total. The molecule has 2 saturated heterocycles. The van der Waals surface area contributed by atoms with E-state index in [9.17, 15) is 4.79 Å². The Morgan fingerprint density at radius 2 is 1.93 bits per heavy atom. The topological polar surface area (TPSA) is 44.8 Å². The van der Waals surface area contributed by atoms with E-state index in [1.807, 2.05) is 25.7 Å². The van der Waals surface area contributed by atoms with Crippen molar-refractivity contribution >= 4 is 17.4 Å². The number of nitrogens with one attached hydrogen (secondary N) is 1. The number of nitrogens with zero attached hydrogens (tertiary/aromatic N) is 2. The van der Waals surface area contributed by atoms with Gasteiger partial charge in [-0.3, -0.25) is 4.90 Å². The van der Waals surface area contributed by atoms with Crippen LogP contribution in [0.15, 0.2) is 16.8 Å². The number of amides is 1. The van der Waals surface area contributed by atoms with Crippen molar-refractivity contribution in [3.63, 3.8) is 0 Å². The van der Waals surface area contributed by atoms with Gasteiger partial charge in [0.05, 0.1) is 0 Å². The molecule has 5 nitrogen and oxygen atoms in total. The Hall–Kier alpha value is -1.11. The van der Waals surface area contributed by atoms with Crippen LogP contribution in [0, 0.1) is 0 Å². The monoisotopic (exact) mass is 393 g/mol. The summed E-state index contributed by atoms with van der Waals surface area (Å²) in [7, 11) is 0. The molecule has 0 saturated carbocycles. The second-order valence-corrected chi connectivity index (χ2v) is 10.0. The van der Waals surface area contributed by atoms with E-state index in [2.05, 4.69) is 34.0 Å². The molecule has 0 aliphatic carbocycles. The lowest BCUT2D eigenvalue weighted by atomic mass is 9.85. The largest absolute Gasteiger partial charge is 0.444 e. The van der Waals surface area contributed by atoms with Crippen LogP contribution in [0.25, 0.3) is 0 Å². The van der Waals surface area contributed by atoms with Crippen molar-refractivity contribution in [3.05, 3.63) is 22.4 Å². The number of hydrogen-bond acceptors (Lipinski definition) is 5. The number of thiophene rings is 1. The first-order chi connectivity index (χ1) is 12.8. The summed E-state index contributed by atoms with van der Waals surface area (Å²) in [5.74, 6) is 0. The fraction of sp³-hybridized carbons (Fsp3) is 0.762. The van der Waals surface area contributed by atoms with Crippen LogP contribution in [0.2, 0.25) is 0 Å². The van der Waals surface area contributed by atoms with Crippen molar-refractivity contribution in [1.29, 1.82) is 0 Å². The first kappa shape index (κ1) is 20.6. The Bertz CT molecular complexity index is 595. The quantitative estimate of drug-likeness (QED) is 0.837. The lowest BCUT2D eigenvalue weighted by molar-refractivity contribution is -0.00861. The molecule has 0 aromatic carbocycles. The van der Waals surface area contributed by atoms with Crippen LogP contribution >= 0.6 is 11.3 Å². The summed E-state index contributed by atoms with van der Waals surface area (Å²) in [6.45, 7) is 13.0. The molecule has 3 heterocycles. The predicted octanol–water partition coefficient (Wildman–Crippen LogP) is 4.09. The summed E-state index contributed by atoms with van der Waals surface area (Å²) < 4.78 is 5.53. The Morgan fingerprint density at radius 3 is 2.48 bits per heavy atom. The average Bonchev–Trinajstić information content (AvgIpc) is 3.13. The van der Waals surface area contributed by atoms with Gasteiger partial charge in [-0.25, -0.2) is 4.79 Å². The summed E-state index contributed by atoms with van der Waals surface area (Å²) in [4.78, 5) is 16.8. The van der Waals surface area contributed by atoms with Crippen LogP contribution in [0.5, 0.6) is 0 Å². The van der Waals surface area contributed by atoms with Crippen molar-refractivity contribution in [1.82, 2.24) is 15.1 Å². The Morgan fingerprint density at radius 1 is 1.26 bits per heavy atom. The molecule has 1 aromatic rings. The summed E-state index contributed by atoms with van der Waals surface area (Å²) in [5, 5.41) is 8.08. The highest BCUT2D eigenvalue weighted by Gasteiger charge is 2.39. The lowest BCUT2D eigenvalue weighted by Crippen LogP contribution is -2.58. The zero-order valence-electron chi connectivity index (χ0n) is 17.3. The highest BCUT2D eigenvalue weighted by atomic mass is 32.1. The minimum absolute atomic E-state index is 0.166. The van der Waals surface area contributed by atoms with Gasteiger partial charge in [0, 0.05) is 44.3 Å². The molecule has 27 heavy (non-hydrogen) atoms. The minimum atomic E-state index is -0.421. The van der Waals surface area contributed by atoms with Gasteiger partial charge in [0.15, 0.2) is 0 Å². The molecule has 152 valence electrons. The summed E-state index contributed by atoms with van der Waals surface area (Å²) in [6.07, 6.45) is 4.30. The van der Waals surface area contributed by atoms with E-state index in [0.717, 1.165) is 45.6 Å². The molecule has 0 bridgehead atoms. The van der Waals surface area contributed by atoms with E-state index in [1.165, 1.54) is 18.4 Å². The Labute approximate surface area is 168 Å². The number of piperidine rings is 2. The minimum Gasteiger partial charge on any atom is -0.444 e. The van der Waals surface area contributed by atoms with E-state index in [-0.39, 0.29) is 11.6 Å². The predicted molar refractivity (Wildman–Crippen MR) is 111 cm³/mol. The third kappa shape index (κ3) is 5.69. The molecule has 2 fully saturated rings. The van der Waals surface area contributed by atoms with Gasteiger partial charge >= 0.3 is 6.09 Å². The van der Waals surface area contributed by atoms with Crippen LogP contribution < -0.4 is 5.32 Å². The van der Waals surface area contributed by atoms with E-state index in [0.29, 0.717) is 6.04 Å². The number of carbonyl (C=O) groups is 1. The molecular formula is C21H35N3O2S. The molecule has 0 unspecified atom stereocenters. The zero-order chi connectivity index (χ0) is 19.5. The van der Waals surface area contributed by atoms with E-state index in [4.69, 9.17) is 4.74 Å². The van der Waals surface area contributed by atoms with Gasteiger partial charge in [0.1, 0.15) is 5.60 Å². The zero-order valence-corrected chi connectivity index (χ0v) is 18.1. The first-order valence-electron chi connectivity index (χ1n) is 10.2. The molecule has 1 aromatic heterocycles. The Kier molecular flexibility index (Phi) is 6.49. The van der Waals surface area contributed by atoms with Gasteiger partial charge in [0.25, 0.3) is 0 Å². The van der Waals surface area contributed by atoms with E-state index in [1.54, 1.807) is 11.3 Å². The average molecular weight is 394 g/mol. The second kappa shape index (κ2) is 8.50. The molecule has 0 atom stereocenters. The first-order valence-corrected chi connectivity index (χ1v) is 11.2. The van der Waals surface area contributed by atoms with E-state index < -0.39 is 5.60 Å². The van der Waals surface area contributed by atoms with Gasteiger partial charge in [-0.1, -0.05) is 0 Å². The third-order valence-electron chi connectivity index (χ3n) is 5.93.